The number of aromatic nitrogens is 2. The first-order chi connectivity index (χ1) is 14.6. The Kier molecular flexibility index (Phi) is 6.59. The zero-order valence-corrected chi connectivity index (χ0v) is 18.1. The maximum atomic E-state index is 11.9. The molecule has 0 radical (unpaired) electrons. The highest BCUT2D eigenvalue weighted by Gasteiger charge is 2.19. The minimum Gasteiger partial charge on any atom is -0.369 e. The Morgan fingerprint density at radius 1 is 0.900 bits per heavy atom. The van der Waals surface area contributed by atoms with E-state index in [9.17, 15) is 4.79 Å². The van der Waals surface area contributed by atoms with Crippen molar-refractivity contribution in [2.75, 3.05) is 64.8 Å². The number of benzene rings is 1. The van der Waals surface area contributed by atoms with Gasteiger partial charge in [0, 0.05) is 65.5 Å². The van der Waals surface area contributed by atoms with E-state index in [4.69, 9.17) is 0 Å². The molecule has 0 atom stereocenters. The van der Waals surface area contributed by atoms with Crippen molar-refractivity contribution in [1.29, 1.82) is 0 Å². The van der Waals surface area contributed by atoms with Gasteiger partial charge in [-0.1, -0.05) is 24.3 Å². The van der Waals surface area contributed by atoms with Gasteiger partial charge < -0.3 is 9.80 Å². The summed E-state index contributed by atoms with van der Waals surface area (Å²) in [4.78, 5) is 29.7. The van der Waals surface area contributed by atoms with Crippen LogP contribution in [0.15, 0.2) is 36.7 Å². The van der Waals surface area contributed by atoms with Crippen molar-refractivity contribution in [2.24, 2.45) is 0 Å². The van der Waals surface area contributed by atoms with Gasteiger partial charge in [-0.3, -0.25) is 14.6 Å². The molecule has 0 saturated carbocycles. The van der Waals surface area contributed by atoms with E-state index in [1.165, 1.54) is 18.4 Å². The second kappa shape index (κ2) is 9.53. The first-order valence-electron chi connectivity index (χ1n) is 10.9. The van der Waals surface area contributed by atoms with Crippen LogP contribution in [0.5, 0.6) is 0 Å². The van der Waals surface area contributed by atoms with Crippen molar-refractivity contribution in [2.45, 2.75) is 19.4 Å². The molecule has 2 aliphatic rings. The lowest BCUT2D eigenvalue weighted by molar-refractivity contribution is -0.130. The van der Waals surface area contributed by atoms with Crippen LogP contribution in [-0.4, -0.2) is 90.5 Å². The van der Waals surface area contributed by atoms with Gasteiger partial charge in [0.2, 0.25) is 5.91 Å². The number of hydrogen-bond acceptors (Lipinski definition) is 6. The van der Waals surface area contributed by atoms with Gasteiger partial charge in [0.15, 0.2) is 5.82 Å². The summed E-state index contributed by atoms with van der Waals surface area (Å²) in [5.41, 5.74) is 3.48. The summed E-state index contributed by atoms with van der Waals surface area (Å²) < 4.78 is 0. The van der Waals surface area contributed by atoms with Gasteiger partial charge in [0.25, 0.3) is 0 Å². The summed E-state index contributed by atoms with van der Waals surface area (Å²) in [6, 6.07) is 8.59. The van der Waals surface area contributed by atoms with Crippen LogP contribution in [0.2, 0.25) is 0 Å². The number of likely N-dealkylation sites (N-methyl/N-ethyl adjacent to an activating group) is 1. The summed E-state index contributed by atoms with van der Waals surface area (Å²) in [6.45, 7) is 7.53. The molecule has 2 saturated heterocycles. The maximum absolute atomic E-state index is 11.9. The molecule has 4 rings (SSSR count). The second-order valence-electron chi connectivity index (χ2n) is 8.50. The van der Waals surface area contributed by atoms with E-state index in [0.29, 0.717) is 6.54 Å². The van der Waals surface area contributed by atoms with Crippen molar-refractivity contribution in [3.8, 4) is 11.4 Å². The molecule has 0 bridgehead atoms. The molecule has 7 nitrogen and oxygen atoms in total. The number of hydrogen-bond donors (Lipinski definition) is 0. The molecule has 3 heterocycles. The van der Waals surface area contributed by atoms with Crippen molar-refractivity contribution in [1.82, 2.24) is 24.7 Å². The van der Waals surface area contributed by atoms with Gasteiger partial charge in [-0.2, -0.15) is 0 Å². The Bertz CT molecular complexity index is 822. The van der Waals surface area contributed by atoms with E-state index in [0.717, 1.165) is 62.9 Å². The van der Waals surface area contributed by atoms with Crippen molar-refractivity contribution < 1.29 is 4.79 Å². The summed E-state index contributed by atoms with van der Waals surface area (Å²) in [7, 11) is 3.63. The first kappa shape index (κ1) is 20.8. The van der Waals surface area contributed by atoms with E-state index in [1.807, 2.05) is 26.5 Å². The number of amides is 1. The van der Waals surface area contributed by atoms with E-state index in [1.54, 1.807) is 4.90 Å². The molecule has 160 valence electrons. The predicted molar refractivity (Wildman–Crippen MR) is 119 cm³/mol. The van der Waals surface area contributed by atoms with Gasteiger partial charge in [0.05, 0.1) is 24.6 Å². The molecule has 0 N–H and O–H groups in total. The summed E-state index contributed by atoms with van der Waals surface area (Å²) in [5.74, 6) is 0.957. The SMILES string of the molecule is CN(C)C(=O)CN1CCN(Cc2ccc(-c3ncc(N4CCCC4)cn3)cc2)CC1. The molecule has 0 spiro atoms. The quantitative estimate of drug-likeness (QED) is 0.728. The van der Waals surface area contributed by atoms with Crippen LogP contribution >= 0.6 is 0 Å². The highest BCUT2D eigenvalue weighted by Crippen LogP contribution is 2.21. The molecule has 2 aliphatic heterocycles. The van der Waals surface area contributed by atoms with Gasteiger partial charge in [-0.25, -0.2) is 9.97 Å². The van der Waals surface area contributed by atoms with Gasteiger partial charge in [-0.15, -0.1) is 0 Å². The number of nitrogens with zero attached hydrogens (tertiary/aromatic N) is 6. The van der Waals surface area contributed by atoms with Gasteiger partial charge in [-0.05, 0) is 18.4 Å². The largest absolute Gasteiger partial charge is 0.369 e. The fourth-order valence-corrected chi connectivity index (χ4v) is 4.06. The van der Waals surface area contributed by atoms with E-state index >= 15 is 0 Å². The van der Waals surface area contributed by atoms with Crippen LogP contribution in [0.4, 0.5) is 5.69 Å². The standard InChI is InChI=1S/C23H32N6O/c1-26(2)22(30)18-28-13-11-27(12-14-28)17-19-5-7-20(8-6-19)23-24-15-21(16-25-23)29-9-3-4-10-29/h5-8,15-16H,3-4,9-14,17-18H2,1-2H3. The van der Waals surface area contributed by atoms with E-state index in [2.05, 4.69) is 48.9 Å². The summed E-state index contributed by atoms with van der Waals surface area (Å²) in [6.07, 6.45) is 6.41. The zero-order valence-electron chi connectivity index (χ0n) is 18.1. The highest BCUT2D eigenvalue weighted by molar-refractivity contribution is 5.77. The monoisotopic (exact) mass is 408 g/mol. The number of carbonyl (C=O) groups excluding carboxylic acids is 1. The Labute approximate surface area is 179 Å². The zero-order chi connectivity index (χ0) is 20.9. The fourth-order valence-electron chi connectivity index (χ4n) is 4.06. The highest BCUT2D eigenvalue weighted by atomic mass is 16.2. The van der Waals surface area contributed by atoms with E-state index in [-0.39, 0.29) is 5.91 Å². The third-order valence-corrected chi connectivity index (χ3v) is 6.05. The van der Waals surface area contributed by atoms with Crippen molar-refractivity contribution >= 4 is 11.6 Å². The number of carbonyl (C=O) groups is 1. The van der Waals surface area contributed by atoms with Gasteiger partial charge >= 0.3 is 0 Å². The molecular formula is C23H32N6O. The molecule has 1 aromatic carbocycles. The normalized spacial score (nSPS) is 18.0. The summed E-state index contributed by atoms with van der Waals surface area (Å²) in [5, 5.41) is 0. The lowest BCUT2D eigenvalue weighted by Gasteiger charge is -2.34. The van der Waals surface area contributed by atoms with Crippen molar-refractivity contribution in [3.05, 3.63) is 42.2 Å². The maximum Gasteiger partial charge on any atom is 0.236 e. The van der Waals surface area contributed by atoms with Crippen LogP contribution in [0.1, 0.15) is 18.4 Å². The third-order valence-electron chi connectivity index (χ3n) is 6.05. The lowest BCUT2D eigenvalue weighted by Crippen LogP contribution is -2.48. The molecule has 7 heteroatoms. The topological polar surface area (TPSA) is 55.8 Å². The second-order valence-corrected chi connectivity index (χ2v) is 8.50. The molecule has 1 amide bonds. The number of piperazine rings is 1. The van der Waals surface area contributed by atoms with Crippen molar-refractivity contribution in [3.63, 3.8) is 0 Å². The smallest absolute Gasteiger partial charge is 0.236 e. The minimum atomic E-state index is 0.176. The molecule has 1 aromatic heterocycles. The Morgan fingerprint density at radius 3 is 2.10 bits per heavy atom. The van der Waals surface area contributed by atoms with Crippen LogP contribution in [0.25, 0.3) is 11.4 Å². The average molecular weight is 409 g/mol. The molecule has 2 fully saturated rings. The molecule has 0 unspecified atom stereocenters. The fraction of sp³-hybridized carbons (Fsp3) is 0.522. The molecule has 2 aromatic rings. The predicted octanol–water partition coefficient (Wildman–Crippen LogP) is 1.95. The number of rotatable bonds is 6. The van der Waals surface area contributed by atoms with Crippen LogP contribution in [0, 0.1) is 0 Å². The van der Waals surface area contributed by atoms with E-state index < -0.39 is 0 Å². The van der Waals surface area contributed by atoms with Crippen LogP contribution in [-0.2, 0) is 11.3 Å². The Morgan fingerprint density at radius 2 is 1.50 bits per heavy atom. The molecule has 30 heavy (non-hydrogen) atoms. The van der Waals surface area contributed by atoms with Gasteiger partial charge in [0.1, 0.15) is 0 Å². The third kappa shape index (κ3) is 5.15. The first-order valence-corrected chi connectivity index (χ1v) is 10.9. The average Bonchev–Trinajstić information content (AvgIpc) is 3.31. The Hall–Kier alpha value is -2.51. The number of anilines is 1. The minimum absolute atomic E-state index is 0.176. The molecule has 0 aliphatic carbocycles. The summed E-state index contributed by atoms with van der Waals surface area (Å²) >= 11 is 0. The Balaban J connectivity index is 1.28. The van der Waals surface area contributed by atoms with Crippen LogP contribution in [0.3, 0.4) is 0 Å². The molecular weight excluding hydrogens is 376 g/mol. The van der Waals surface area contributed by atoms with Crippen LogP contribution < -0.4 is 4.90 Å². The lowest BCUT2D eigenvalue weighted by atomic mass is 10.1.